The van der Waals surface area contributed by atoms with E-state index in [1.54, 1.807) is 13.0 Å². The molecule has 0 amide bonds. The SMILES string of the molecule is COC(=O)[C@H](C)Nc1cc(Cl)cc(Cl)n1. The Morgan fingerprint density at radius 2 is 2.20 bits per heavy atom. The van der Waals surface area contributed by atoms with Crippen LogP contribution >= 0.6 is 23.2 Å². The predicted octanol–water partition coefficient (Wildman–Crippen LogP) is 2.36. The first-order chi connectivity index (χ1) is 7.02. The second-order valence-corrected chi connectivity index (χ2v) is 3.71. The third-order valence-corrected chi connectivity index (χ3v) is 2.09. The maximum absolute atomic E-state index is 11.1. The number of anilines is 1. The molecule has 1 aromatic rings. The number of nitrogens with zero attached hydrogens (tertiary/aromatic N) is 1. The number of hydrogen-bond donors (Lipinski definition) is 1. The maximum Gasteiger partial charge on any atom is 0.328 e. The van der Waals surface area contributed by atoms with Crippen LogP contribution in [-0.2, 0) is 9.53 Å². The van der Waals surface area contributed by atoms with Crippen molar-refractivity contribution in [2.45, 2.75) is 13.0 Å². The van der Waals surface area contributed by atoms with E-state index >= 15 is 0 Å². The summed E-state index contributed by atoms with van der Waals surface area (Å²) in [6, 6.07) is 2.58. The van der Waals surface area contributed by atoms with Gasteiger partial charge in [-0.2, -0.15) is 0 Å². The Bertz CT molecular complexity index is 351. The van der Waals surface area contributed by atoms with E-state index in [0.717, 1.165) is 0 Å². The number of carbonyl (C=O) groups excluding carboxylic acids is 1. The van der Waals surface area contributed by atoms with E-state index < -0.39 is 6.04 Å². The highest BCUT2D eigenvalue weighted by atomic mass is 35.5. The van der Waals surface area contributed by atoms with Crippen molar-refractivity contribution in [3.8, 4) is 0 Å². The van der Waals surface area contributed by atoms with Gasteiger partial charge in [0.15, 0.2) is 0 Å². The second kappa shape index (κ2) is 5.19. The number of halogens is 2. The Morgan fingerprint density at radius 3 is 2.73 bits per heavy atom. The zero-order chi connectivity index (χ0) is 11.4. The van der Waals surface area contributed by atoms with Crippen LogP contribution in [0.15, 0.2) is 12.1 Å². The molecule has 0 saturated heterocycles. The first kappa shape index (κ1) is 12.1. The number of nitrogens with one attached hydrogen (secondary N) is 1. The number of carbonyl (C=O) groups is 1. The average Bonchev–Trinajstić information content (AvgIpc) is 2.14. The zero-order valence-corrected chi connectivity index (χ0v) is 9.76. The minimum absolute atomic E-state index is 0.266. The Kier molecular flexibility index (Phi) is 4.17. The number of pyridine rings is 1. The van der Waals surface area contributed by atoms with Crippen molar-refractivity contribution in [1.29, 1.82) is 0 Å². The normalized spacial score (nSPS) is 12.0. The minimum Gasteiger partial charge on any atom is -0.467 e. The number of hydrogen-bond acceptors (Lipinski definition) is 4. The number of rotatable bonds is 3. The van der Waals surface area contributed by atoms with Crippen molar-refractivity contribution < 1.29 is 9.53 Å². The highest BCUT2D eigenvalue weighted by molar-refractivity contribution is 6.34. The van der Waals surface area contributed by atoms with Crippen LogP contribution in [0.1, 0.15) is 6.92 Å². The van der Waals surface area contributed by atoms with Gasteiger partial charge in [-0.15, -0.1) is 0 Å². The largest absolute Gasteiger partial charge is 0.467 e. The molecule has 0 radical (unpaired) electrons. The lowest BCUT2D eigenvalue weighted by atomic mass is 10.3. The predicted molar refractivity (Wildman–Crippen MR) is 59.4 cm³/mol. The van der Waals surface area contributed by atoms with Crippen molar-refractivity contribution in [2.24, 2.45) is 0 Å². The van der Waals surface area contributed by atoms with E-state index in [2.05, 4.69) is 15.0 Å². The Hall–Kier alpha value is -1.00. The first-order valence-corrected chi connectivity index (χ1v) is 4.96. The lowest BCUT2D eigenvalue weighted by Crippen LogP contribution is -2.27. The number of aromatic nitrogens is 1. The summed E-state index contributed by atoms with van der Waals surface area (Å²) in [6.45, 7) is 1.66. The minimum atomic E-state index is -0.503. The Balaban J connectivity index is 2.76. The molecule has 1 atom stereocenters. The van der Waals surface area contributed by atoms with Crippen LogP contribution in [0.3, 0.4) is 0 Å². The van der Waals surface area contributed by atoms with E-state index in [9.17, 15) is 4.79 Å². The molecule has 1 heterocycles. The standard InChI is InChI=1S/C9H10Cl2N2O2/c1-5(9(14)15-2)12-8-4-6(10)3-7(11)13-8/h3-5H,1-2H3,(H,12,13)/t5-/m0/s1. The van der Waals surface area contributed by atoms with Gasteiger partial charge in [-0.1, -0.05) is 23.2 Å². The molecule has 0 aromatic carbocycles. The van der Waals surface area contributed by atoms with Crippen molar-refractivity contribution in [2.75, 3.05) is 12.4 Å². The molecule has 4 nitrogen and oxygen atoms in total. The van der Waals surface area contributed by atoms with Gasteiger partial charge >= 0.3 is 5.97 Å². The highest BCUT2D eigenvalue weighted by Crippen LogP contribution is 2.18. The number of ether oxygens (including phenoxy) is 1. The van der Waals surface area contributed by atoms with Gasteiger partial charge in [0.25, 0.3) is 0 Å². The monoisotopic (exact) mass is 248 g/mol. The molecule has 0 spiro atoms. The van der Waals surface area contributed by atoms with E-state index in [4.69, 9.17) is 23.2 Å². The summed E-state index contributed by atoms with van der Waals surface area (Å²) in [6.07, 6.45) is 0. The van der Waals surface area contributed by atoms with Crippen molar-refractivity contribution in [1.82, 2.24) is 4.98 Å². The molecule has 0 aliphatic carbocycles. The molecule has 0 bridgehead atoms. The third-order valence-electron chi connectivity index (χ3n) is 1.68. The van der Waals surface area contributed by atoms with Crippen molar-refractivity contribution in [3.63, 3.8) is 0 Å². The van der Waals surface area contributed by atoms with E-state index in [1.165, 1.54) is 13.2 Å². The molecular formula is C9H10Cl2N2O2. The topological polar surface area (TPSA) is 51.2 Å². The van der Waals surface area contributed by atoms with Gasteiger partial charge in [0.1, 0.15) is 17.0 Å². The first-order valence-electron chi connectivity index (χ1n) is 4.20. The van der Waals surface area contributed by atoms with Gasteiger partial charge in [-0.3, -0.25) is 0 Å². The third kappa shape index (κ3) is 3.57. The van der Waals surface area contributed by atoms with Gasteiger partial charge in [0.2, 0.25) is 0 Å². The Morgan fingerprint density at radius 1 is 1.53 bits per heavy atom. The summed E-state index contributed by atoms with van der Waals surface area (Å²) in [4.78, 5) is 15.1. The summed E-state index contributed by atoms with van der Waals surface area (Å²) in [5.41, 5.74) is 0. The molecule has 0 unspecified atom stereocenters. The molecule has 15 heavy (non-hydrogen) atoms. The molecule has 0 fully saturated rings. The smallest absolute Gasteiger partial charge is 0.328 e. The van der Waals surface area contributed by atoms with Gasteiger partial charge in [-0.25, -0.2) is 9.78 Å². The van der Waals surface area contributed by atoms with E-state index in [-0.39, 0.29) is 11.1 Å². The van der Waals surface area contributed by atoms with E-state index in [0.29, 0.717) is 10.8 Å². The van der Waals surface area contributed by atoms with Crippen molar-refractivity contribution >= 4 is 35.0 Å². The molecule has 1 rings (SSSR count). The summed E-state index contributed by atoms with van der Waals surface area (Å²) in [5, 5.41) is 3.54. The average molecular weight is 249 g/mol. The lowest BCUT2D eigenvalue weighted by Gasteiger charge is -2.12. The number of esters is 1. The van der Waals surface area contributed by atoms with Crippen LogP contribution in [0.4, 0.5) is 5.82 Å². The van der Waals surface area contributed by atoms with Crippen LogP contribution in [0.5, 0.6) is 0 Å². The molecular weight excluding hydrogens is 239 g/mol. The van der Waals surface area contributed by atoms with Crippen LogP contribution in [0, 0.1) is 0 Å². The maximum atomic E-state index is 11.1. The highest BCUT2D eigenvalue weighted by Gasteiger charge is 2.13. The quantitative estimate of drug-likeness (QED) is 0.660. The summed E-state index contributed by atoms with van der Waals surface area (Å²) in [7, 11) is 1.32. The molecule has 6 heteroatoms. The van der Waals surface area contributed by atoms with Crippen LogP contribution in [0.25, 0.3) is 0 Å². The van der Waals surface area contributed by atoms with Gasteiger partial charge in [0.05, 0.1) is 7.11 Å². The fourth-order valence-corrected chi connectivity index (χ4v) is 1.47. The Labute approximate surface area is 97.5 Å². The van der Waals surface area contributed by atoms with Crippen molar-refractivity contribution in [3.05, 3.63) is 22.3 Å². The van der Waals surface area contributed by atoms with Gasteiger partial charge in [-0.05, 0) is 19.1 Å². The fourth-order valence-electron chi connectivity index (χ4n) is 0.997. The van der Waals surface area contributed by atoms with Gasteiger partial charge in [0, 0.05) is 5.02 Å². The molecule has 0 saturated carbocycles. The lowest BCUT2D eigenvalue weighted by molar-refractivity contribution is -0.141. The van der Waals surface area contributed by atoms with Crippen LogP contribution in [0.2, 0.25) is 10.2 Å². The fraction of sp³-hybridized carbons (Fsp3) is 0.333. The second-order valence-electron chi connectivity index (χ2n) is 2.88. The summed E-state index contributed by atoms with van der Waals surface area (Å²) in [5.74, 6) is 0.0540. The molecule has 1 aromatic heterocycles. The number of methoxy groups -OCH3 is 1. The molecule has 1 N–H and O–H groups in total. The summed E-state index contributed by atoms with van der Waals surface area (Å²) >= 11 is 11.5. The summed E-state index contributed by atoms with van der Waals surface area (Å²) < 4.78 is 4.55. The van der Waals surface area contributed by atoms with E-state index in [1.807, 2.05) is 0 Å². The van der Waals surface area contributed by atoms with Gasteiger partial charge < -0.3 is 10.1 Å². The van der Waals surface area contributed by atoms with Crippen LogP contribution < -0.4 is 5.32 Å². The zero-order valence-electron chi connectivity index (χ0n) is 8.25. The molecule has 82 valence electrons. The van der Waals surface area contributed by atoms with Crippen LogP contribution in [-0.4, -0.2) is 24.1 Å². The molecule has 0 aliphatic rings. The molecule has 0 aliphatic heterocycles.